The number of ketones is 1. The topological polar surface area (TPSA) is 63.4 Å². The lowest BCUT2D eigenvalue weighted by Crippen LogP contribution is -2.25. The predicted molar refractivity (Wildman–Crippen MR) is 57.8 cm³/mol. The molecule has 2 rings (SSSR count). The first kappa shape index (κ1) is 10.9. The molecular formula is C10H8ClFN2O2. The standard InChI is InChI=1S/C10H8ClFN2O2/c11-6-2-8(13)9(3-7(6)12)14-4-5(15)1-10(14)16/h2-3H,1,4,13H2. The van der Waals surface area contributed by atoms with E-state index in [1.165, 1.54) is 6.07 Å². The van der Waals surface area contributed by atoms with Gasteiger partial charge in [0.2, 0.25) is 5.91 Å². The summed E-state index contributed by atoms with van der Waals surface area (Å²) in [6, 6.07) is 2.29. The molecule has 1 fully saturated rings. The molecule has 1 heterocycles. The summed E-state index contributed by atoms with van der Waals surface area (Å²) < 4.78 is 13.2. The first-order chi connectivity index (χ1) is 7.49. The van der Waals surface area contributed by atoms with Crippen LogP contribution in [0.25, 0.3) is 0 Å². The Morgan fingerprint density at radius 2 is 2.06 bits per heavy atom. The minimum atomic E-state index is -0.669. The maximum atomic E-state index is 13.2. The Balaban J connectivity index is 2.45. The van der Waals surface area contributed by atoms with Crippen LogP contribution >= 0.6 is 11.6 Å². The van der Waals surface area contributed by atoms with Crippen molar-refractivity contribution in [3.05, 3.63) is 23.0 Å². The number of benzene rings is 1. The molecule has 16 heavy (non-hydrogen) atoms. The summed E-state index contributed by atoms with van der Waals surface area (Å²) in [4.78, 5) is 23.7. The molecule has 0 aromatic heterocycles. The summed E-state index contributed by atoms with van der Waals surface area (Å²) >= 11 is 5.53. The number of amides is 1. The van der Waals surface area contributed by atoms with E-state index in [4.69, 9.17) is 17.3 Å². The molecule has 6 heteroatoms. The predicted octanol–water partition coefficient (Wildman–Crippen LogP) is 1.37. The van der Waals surface area contributed by atoms with Crippen LogP contribution in [0.5, 0.6) is 0 Å². The molecule has 1 aromatic rings. The molecule has 1 aliphatic rings. The van der Waals surface area contributed by atoms with Crippen molar-refractivity contribution in [2.24, 2.45) is 0 Å². The first-order valence-corrected chi connectivity index (χ1v) is 4.93. The molecular weight excluding hydrogens is 235 g/mol. The number of carbonyl (C=O) groups is 2. The van der Waals surface area contributed by atoms with E-state index in [9.17, 15) is 14.0 Å². The number of carbonyl (C=O) groups excluding carboxylic acids is 2. The molecule has 1 saturated heterocycles. The number of nitrogen functional groups attached to an aromatic ring is 1. The van der Waals surface area contributed by atoms with Gasteiger partial charge in [0.15, 0.2) is 5.78 Å². The van der Waals surface area contributed by atoms with Gasteiger partial charge in [0, 0.05) is 6.07 Å². The van der Waals surface area contributed by atoms with Crippen molar-refractivity contribution in [2.45, 2.75) is 6.42 Å². The van der Waals surface area contributed by atoms with Crippen molar-refractivity contribution in [3.8, 4) is 0 Å². The fourth-order valence-electron chi connectivity index (χ4n) is 1.59. The van der Waals surface area contributed by atoms with E-state index >= 15 is 0 Å². The Morgan fingerprint density at radius 3 is 2.62 bits per heavy atom. The van der Waals surface area contributed by atoms with Gasteiger partial charge < -0.3 is 10.6 Å². The van der Waals surface area contributed by atoms with E-state index < -0.39 is 5.82 Å². The van der Waals surface area contributed by atoms with Crippen LogP contribution in [0.15, 0.2) is 12.1 Å². The highest BCUT2D eigenvalue weighted by Gasteiger charge is 2.30. The van der Waals surface area contributed by atoms with E-state index in [0.717, 1.165) is 11.0 Å². The quantitative estimate of drug-likeness (QED) is 0.598. The number of hydrogen-bond donors (Lipinski definition) is 1. The van der Waals surface area contributed by atoms with Gasteiger partial charge in [-0.25, -0.2) is 4.39 Å². The summed E-state index contributed by atoms with van der Waals surface area (Å²) in [5.41, 5.74) is 5.99. The van der Waals surface area contributed by atoms with Crippen molar-refractivity contribution in [1.82, 2.24) is 0 Å². The molecule has 84 valence electrons. The van der Waals surface area contributed by atoms with Crippen molar-refractivity contribution >= 4 is 34.7 Å². The van der Waals surface area contributed by atoms with E-state index in [1.807, 2.05) is 0 Å². The lowest BCUT2D eigenvalue weighted by molar-refractivity contribution is -0.121. The molecule has 0 spiro atoms. The van der Waals surface area contributed by atoms with Gasteiger partial charge in [-0.15, -0.1) is 0 Å². The summed E-state index contributed by atoms with van der Waals surface area (Å²) in [5, 5.41) is -0.112. The third-order valence-corrected chi connectivity index (χ3v) is 2.63. The molecule has 4 nitrogen and oxygen atoms in total. The second kappa shape index (κ2) is 3.75. The average molecular weight is 243 g/mol. The second-order valence-electron chi connectivity index (χ2n) is 3.52. The highest BCUT2D eigenvalue weighted by Crippen LogP contribution is 2.31. The molecule has 0 aliphatic carbocycles. The largest absolute Gasteiger partial charge is 0.397 e. The van der Waals surface area contributed by atoms with Crippen LogP contribution in [-0.2, 0) is 9.59 Å². The molecule has 0 unspecified atom stereocenters. The molecule has 1 aliphatic heterocycles. The van der Waals surface area contributed by atoms with Crippen LogP contribution in [0.2, 0.25) is 5.02 Å². The van der Waals surface area contributed by atoms with Crippen LogP contribution in [0.3, 0.4) is 0 Å². The fraction of sp³-hybridized carbons (Fsp3) is 0.200. The van der Waals surface area contributed by atoms with Gasteiger partial charge in [-0.05, 0) is 6.07 Å². The number of rotatable bonds is 1. The second-order valence-corrected chi connectivity index (χ2v) is 3.93. The zero-order valence-electron chi connectivity index (χ0n) is 8.17. The van der Waals surface area contributed by atoms with E-state index in [2.05, 4.69) is 0 Å². The Labute approximate surface area is 95.8 Å². The molecule has 1 amide bonds. The number of halogens is 2. The van der Waals surface area contributed by atoms with Gasteiger partial charge in [0.1, 0.15) is 5.82 Å². The van der Waals surface area contributed by atoms with Crippen molar-refractivity contribution < 1.29 is 14.0 Å². The molecule has 0 bridgehead atoms. The normalized spacial score (nSPS) is 16.0. The highest BCUT2D eigenvalue weighted by atomic mass is 35.5. The Bertz CT molecular complexity index is 490. The highest BCUT2D eigenvalue weighted by molar-refractivity contribution is 6.31. The van der Waals surface area contributed by atoms with Crippen LogP contribution in [0, 0.1) is 5.82 Å². The fourth-order valence-corrected chi connectivity index (χ4v) is 1.76. The lowest BCUT2D eigenvalue weighted by atomic mass is 10.2. The number of nitrogens with two attached hydrogens (primary N) is 1. The molecule has 0 atom stereocenters. The van der Waals surface area contributed by atoms with E-state index in [-0.39, 0.29) is 41.1 Å². The zero-order valence-corrected chi connectivity index (χ0v) is 8.92. The third-order valence-electron chi connectivity index (χ3n) is 2.34. The lowest BCUT2D eigenvalue weighted by Gasteiger charge is -2.17. The minimum Gasteiger partial charge on any atom is -0.397 e. The SMILES string of the molecule is Nc1cc(Cl)c(F)cc1N1CC(=O)CC1=O. The minimum absolute atomic E-state index is 0.0654. The molecule has 1 aromatic carbocycles. The monoisotopic (exact) mass is 242 g/mol. The maximum Gasteiger partial charge on any atom is 0.234 e. The Hall–Kier alpha value is -1.62. The number of nitrogens with zero attached hydrogens (tertiary/aromatic N) is 1. The smallest absolute Gasteiger partial charge is 0.234 e. The Morgan fingerprint density at radius 1 is 1.38 bits per heavy atom. The third kappa shape index (κ3) is 1.74. The molecule has 0 saturated carbocycles. The van der Waals surface area contributed by atoms with Crippen molar-refractivity contribution in [1.29, 1.82) is 0 Å². The maximum absolute atomic E-state index is 13.2. The van der Waals surface area contributed by atoms with Gasteiger partial charge in [0.25, 0.3) is 0 Å². The first-order valence-electron chi connectivity index (χ1n) is 4.55. The summed E-state index contributed by atoms with van der Waals surface area (Å²) in [7, 11) is 0. The molecule has 0 radical (unpaired) electrons. The van der Waals surface area contributed by atoms with E-state index in [1.54, 1.807) is 0 Å². The van der Waals surface area contributed by atoms with Crippen LogP contribution in [-0.4, -0.2) is 18.2 Å². The molecule has 2 N–H and O–H groups in total. The number of Topliss-reactive ketones (excluding diaryl/α,β-unsaturated/α-hetero) is 1. The zero-order chi connectivity index (χ0) is 11.9. The van der Waals surface area contributed by atoms with Crippen molar-refractivity contribution in [3.63, 3.8) is 0 Å². The van der Waals surface area contributed by atoms with Gasteiger partial charge in [0.05, 0.1) is 29.4 Å². The van der Waals surface area contributed by atoms with Gasteiger partial charge in [-0.1, -0.05) is 11.6 Å². The van der Waals surface area contributed by atoms with Crippen molar-refractivity contribution in [2.75, 3.05) is 17.2 Å². The number of anilines is 2. The summed E-state index contributed by atoms with van der Waals surface area (Å²) in [6.45, 7) is -0.0654. The Kier molecular flexibility index (Phi) is 2.55. The average Bonchev–Trinajstić information content (AvgIpc) is 2.51. The van der Waals surface area contributed by atoms with Crippen LogP contribution < -0.4 is 10.6 Å². The number of hydrogen-bond acceptors (Lipinski definition) is 3. The van der Waals surface area contributed by atoms with Gasteiger partial charge in [-0.3, -0.25) is 9.59 Å². The van der Waals surface area contributed by atoms with E-state index in [0.29, 0.717) is 0 Å². The van der Waals surface area contributed by atoms with Crippen LogP contribution in [0.1, 0.15) is 6.42 Å². The summed E-state index contributed by atoms with van der Waals surface area (Å²) in [5.74, 6) is -1.25. The van der Waals surface area contributed by atoms with Gasteiger partial charge >= 0.3 is 0 Å². The van der Waals surface area contributed by atoms with Gasteiger partial charge in [-0.2, -0.15) is 0 Å². The van der Waals surface area contributed by atoms with Crippen LogP contribution in [0.4, 0.5) is 15.8 Å². The summed E-state index contributed by atoms with van der Waals surface area (Å²) in [6.07, 6.45) is -0.163.